The second-order valence-corrected chi connectivity index (χ2v) is 6.45. The lowest BCUT2D eigenvalue weighted by Gasteiger charge is -2.13. The van der Waals surface area contributed by atoms with Gasteiger partial charge >= 0.3 is 5.97 Å². The van der Waals surface area contributed by atoms with Crippen molar-refractivity contribution in [3.8, 4) is 5.75 Å². The number of phenolic OH excluding ortho intramolecular Hbond substituents is 1. The maximum atomic E-state index is 12.0. The highest BCUT2D eigenvalue weighted by atomic mass is 79.9. The van der Waals surface area contributed by atoms with E-state index in [0.717, 1.165) is 4.88 Å². The zero-order valence-electron chi connectivity index (χ0n) is 11.7. The van der Waals surface area contributed by atoms with Crippen molar-refractivity contribution in [2.24, 2.45) is 0 Å². The Labute approximate surface area is 140 Å². The van der Waals surface area contributed by atoms with Crippen LogP contribution in [0, 0.1) is 0 Å². The van der Waals surface area contributed by atoms with Crippen LogP contribution in [0.5, 0.6) is 5.75 Å². The summed E-state index contributed by atoms with van der Waals surface area (Å²) in [5.74, 6) is -1.34. The topological polar surface area (TPSA) is 75.6 Å². The Morgan fingerprint density at radius 3 is 2.86 bits per heavy atom. The molecule has 0 aliphatic rings. The molecular formula is C15H14BrNO4S. The fourth-order valence-electron chi connectivity index (χ4n) is 1.68. The number of benzene rings is 1. The van der Waals surface area contributed by atoms with Gasteiger partial charge in [-0.15, -0.1) is 11.3 Å². The van der Waals surface area contributed by atoms with E-state index in [4.69, 9.17) is 4.74 Å². The van der Waals surface area contributed by atoms with Gasteiger partial charge in [0.1, 0.15) is 11.3 Å². The first-order valence-electron chi connectivity index (χ1n) is 6.47. The molecule has 0 saturated heterocycles. The molecule has 2 aromatic rings. The number of nitrogens with one attached hydrogen (secondary N) is 1. The Bertz CT molecular complexity index is 672. The largest absolute Gasteiger partial charge is 0.507 e. The van der Waals surface area contributed by atoms with Crippen molar-refractivity contribution in [1.82, 2.24) is 5.32 Å². The third-order valence-electron chi connectivity index (χ3n) is 2.85. The van der Waals surface area contributed by atoms with Crippen LogP contribution in [0.2, 0.25) is 0 Å². The summed E-state index contributed by atoms with van der Waals surface area (Å²) in [6, 6.07) is 8.21. The Morgan fingerprint density at radius 1 is 1.41 bits per heavy atom. The van der Waals surface area contributed by atoms with Gasteiger partial charge in [0.2, 0.25) is 0 Å². The van der Waals surface area contributed by atoms with Gasteiger partial charge in [0.15, 0.2) is 6.10 Å². The van der Waals surface area contributed by atoms with Crippen molar-refractivity contribution in [2.45, 2.75) is 19.6 Å². The Kier molecular flexibility index (Phi) is 5.57. The number of amides is 1. The van der Waals surface area contributed by atoms with Crippen LogP contribution in [0.3, 0.4) is 0 Å². The first kappa shape index (κ1) is 16.5. The highest BCUT2D eigenvalue weighted by molar-refractivity contribution is 9.10. The summed E-state index contributed by atoms with van der Waals surface area (Å²) in [5, 5.41) is 14.3. The van der Waals surface area contributed by atoms with Gasteiger partial charge < -0.3 is 15.2 Å². The number of carbonyl (C=O) groups is 2. The van der Waals surface area contributed by atoms with E-state index in [1.165, 1.54) is 30.4 Å². The van der Waals surface area contributed by atoms with Crippen LogP contribution in [0.15, 0.2) is 40.2 Å². The number of carbonyl (C=O) groups excluding carboxylic acids is 2. The van der Waals surface area contributed by atoms with Gasteiger partial charge in [-0.25, -0.2) is 4.79 Å². The molecule has 1 heterocycles. The third kappa shape index (κ3) is 4.32. The van der Waals surface area contributed by atoms with E-state index in [0.29, 0.717) is 11.0 Å². The average molecular weight is 384 g/mol. The molecule has 1 atom stereocenters. The standard InChI is InChI=1S/C15H14BrNO4S/c1-9(14(19)17-8-11-3-2-6-22-11)21-15(20)12-7-10(16)4-5-13(12)18/h2-7,9,18H,8H2,1H3,(H,17,19). The molecule has 2 rings (SSSR count). The molecule has 0 aliphatic heterocycles. The van der Waals surface area contributed by atoms with E-state index in [9.17, 15) is 14.7 Å². The molecule has 0 saturated carbocycles. The summed E-state index contributed by atoms with van der Waals surface area (Å²) in [4.78, 5) is 24.9. The highest BCUT2D eigenvalue weighted by Gasteiger charge is 2.21. The minimum absolute atomic E-state index is 0.00674. The second-order valence-electron chi connectivity index (χ2n) is 4.51. The van der Waals surface area contributed by atoms with Gasteiger partial charge in [0.05, 0.1) is 6.54 Å². The first-order valence-corrected chi connectivity index (χ1v) is 8.14. The molecule has 0 aliphatic carbocycles. The van der Waals surface area contributed by atoms with Crippen LogP contribution in [-0.2, 0) is 16.1 Å². The predicted molar refractivity (Wildman–Crippen MR) is 86.9 cm³/mol. The number of phenols is 1. The molecule has 22 heavy (non-hydrogen) atoms. The summed E-state index contributed by atoms with van der Waals surface area (Å²) in [5.41, 5.74) is 0.00674. The second kappa shape index (κ2) is 7.42. The SMILES string of the molecule is CC(OC(=O)c1cc(Br)ccc1O)C(=O)NCc1cccs1. The van der Waals surface area contributed by atoms with Crippen LogP contribution < -0.4 is 5.32 Å². The van der Waals surface area contributed by atoms with Crippen LogP contribution in [0.1, 0.15) is 22.2 Å². The van der Waals surface area contributed by atoms with Gasteiger partial charge in [0.25, 0.3) is 5.91 Å². The molecule has 1 amide bonds. The molecule has 0 radical (unpaired) electrons. The van der Waals surface area contributed by atoms with Crippen LogP contribution in [0.4, 0.5) is 0 Å². The van der Waals surface area contributed by atoms with Crippen LogP contribution >= 0.6 is 27.3 Å². The fraction of sp³-hybridized carbons (Fsp3) is 0.200. The zero-order chi connectivity index (χ0) is 16.1. The van der Waals surface area contributed by atoms with E-state index in [1.54, 1.807) is 6.07 Å². The van der Waals surface area contributed by atoms with Gasteiger partial charge in [-0.05, 0) is 36.6 Å². The highest BCUT2D eigenvalue weighted by Crippen LogP contribution is 2.23. The molecule has 0 fully saturated rings. The number of ether oxygens (including phenoxy) is 1. The maximum Gasteiger partial charge on any atom is 0.342 e. The van der Waals surface area contributed by atoms with E-state index in [1.807, 2.05) is 17.5 Å². The van der Waals surface area contributed by atoms with Gasteiger partial charge in [-0.3, -0.25) is 4.79 Å². The quantitative estimate of drug-likeness (QED) is 0.777. The molecule has 116 valence electrons. The third-order valence-corrected chi connectivity index (χ3v) is 4.22. The number of thiophene rings is 1. The molecule has 1 aromatic carbocycles. The van der Waals surface area contributed by atoms with Gasteiger partial charge in [-0.1, -0.05) is 22.0 Å². The lowest BCUT2D eigenvalue weighted by molar-refractivity contribution is -0.129. The monoisotopic (exact) mass is 383 g/mol. The minimum atomic E-state index is -0.953. The van der Waals surface area contributed by atoms with Crippen molar-refractivity contribution in [1.29, 1.82) is 0 Å². The van der Waals surface area contributed by atoms with Gasteiger partial charge in [-0.2, -0.15) is 0 Å². The maximum absolute atomic E-state index is 12.0. The van der Waals surface area contributed by atoms with Crippen molar-refractivity contribution in [3.05, 3.63) is 50.6 Å². The number of aromatic hydroxyl groups is 1. The normalized spacial score (nSPS) is 11.7. The van der Waals surface area contributed by atoms with Gasteiger partial charge in [0, 0.05) is 9.35 Å². The van der Waals surface area contributed by atoms with Crippen LogP contribution in [-0.4, -0.2) is 23.1 Å². The first-order chi connectivity index (χ1) is 10.5. The van der Waals surface area contributed by atoms with E-state index < -0.39 is 18.0 Å². The predicted octanol–water partition coefficient (Wildman–Crippen LogP) is 3.08. The van der Waals surface area contributed by atoms with E-state index in [2.05, 4.69) is 21.2 Å². The molecule has 1 aromatic heterocycles. The summed E-state index contributed by atoms with van der Waals surface area (Å²) < 4.78 is 5.71. The number of hydrogen-bond acceptors (Lipinski definition) is 5. The molecule has 5 nitrogen and oxygen atoms in total. The lowest BCUT2D eigenvalue weighted by atomic mass is 10.2. The van der Waals surface area contributed by atoms with Crippen LogP contribution in [0.25, 0.3) is 0 Å². The number of halogens is 1. The van der Waals surface area contributed by atoms with Crippen molar-refractivity contribution in [3.63, 3.8) is 0 Å². The summed E-state index contributed by atoms with van der Waals surface area (Å²) in [6.07, 6.45) is -0.953. The number of rotatable bonds is 5. The number of esters is 1. The van der Waals surface area contributed by atoms with E-state index in [-0.39, 0.29) is 11.3 Å². The van der Waals surface area contributed by atoms with Crippen molar-refractivity contribution in [2.75, 3.05) is 0 Å². The Morgan fingerprint density at radius 2 is 2.18 bits per heavy atom. The Balaban J connectivity index is 1.92. The molecular weight excluding hydrogens is 370 g/mol. The molecule has 1 unspecified atom stereocenters. The fourth-order valence-corrected chi connectivity index (χ4v) is 2.69. The summed E-state index contributed by atoms with van der Waals surface area (Å²) in [7, 11) is 0. The smallest absolute Gasteiger partial charge is 0.342 e. The minimum Gasteiger partial charge on any atom is -0.507 e. The van der Waals surface area contributed by atoms with Crippen molar-refractivity contribution >= 4 is 39.1 Å². The zero-order valence-corrected chi connectivity index (χ0v) is 14.1. The summed E-state index contributed by atoms with van der Waals surface area (Å²) >= 11 is 4.74. The average Bonchev–Trinajstić information content (AvgIpc) is 3.00. The lowest BCUT2D eigenvalue weighted by Crippen LogP contribution is -2.35. The number of hydrogen-bond donors (Lipinski definition) is 2. The van der Waals surface area contributed by atoms with Crippen molar-refractivity contribution < 1.29 is 19.4 Å². The molecule has 0 bridgehead atoms. The molecule has 7 heteroatoms. The Hall–Kier alpha value is -1.86. The van der Waals surface area contributed by atoms with E-state index >= 15 is 0 Å². The summed E-state index contributed by atoms with van der Waals surface area (Å²) in [6.45, 7) is 1.87. The molecule has 2 N–H and O–H groups in total. The molecule has 0 spiro atoms.